The molecule has 0 aromatic heterocycles. The number of rotatable bonds is 6. The molecule has 3 aromatic carbocycles. The van der Waals surface area contributed by atoms with E-state index in [0.717, 1.165) is 22.3 Å². The number of amides is 1. The maximum atomic E-state index is 13.4. The van der Waals surface area contributed by atoms with Crippen LogP contribution in [0.4, 0.5) is 11.4 Å². The Morgan fingerprint density at radius 2 is 1.47 bits per heavy atom. The fourth-order valence-electron chi connectivity index (χ4n) is 3.28. The van der Waals surface area contributed by atoms with Crippen LogP contribution in [-0.2, 0) is 14.8 Å². The van der Waals surface area contributed by atoms with E-state index in [9.17, 15) is 13.2 Å². The van der Waals surface area contributed by atoms with Crippen molar-refractivity contribution in [2.75, 3.05) is 16.2 Å². The summed E-state index contributed by atoms with van der Waals surface area (Å²) >= 11 is 0. The third-order valence-corrected chi connectivity index (χ3v) is 6.68. The van der Waals surface area contributed by atoms with Crippen LogP contribution in [0, 0.1) is 27.7 Å². The van der Waals surface area contributed by atoms with Crippen molar-refractivity contribution < 1.29 is 13.2 Å². The van der Waals surface area contributed by atoms with E-state index >= 15 is 0 Å². The standard InChI is InChI=1S/C24H26N2O3S/c1-17-11-13-22(20(4)14-17)25-24(27)16-26(23-15-18(2)10-12-19(23)3)30(28,29)21-8-6-5-7-9-21/h5-15H,16H2,1-4H3,(H,25,27). The number of hydrogen-bond donors (Lipinski definition) is 1. The van der Waals surface area contributed by atoms with Gasteiger partial charge in [-0.25, -0.2) is 8.42 Å². The van der Waals surface area contributed by atoms with Crippen LogP contribution in [0.2, 0.25) is 0 Å². The predicted octanol–water partition coefficient (Wildman–Crippen LogP) is 4.75. The Balaban J connectivity index is 1.99. The summed E-state index contributed by atoms with van der Waals surface area (Å²) in [5.41, 5.74) is 4.87. The van der Waals surface area contributed by atoms with Gasteiger partial charge >= 0.3 is 0 Å². The molecule has 3 rings (SSSR count). The van der Waals surface area contributed by atoms with E-state index in [1.165, 1.54) is 16.4 Å². The average Bonchev–Trinajstić information content (AvgIpc) is 2.71. The van der Waals surface area contributed by atoms with Gasteiger partial charge in [0.2, 0.25) is 5.91 Å². The van der Waals surface area contributed by atoms with Crippen molar-refractivity contribution in [2.24, 2.45) is 0 Å². The SMILES string of the molecule is Cc1ccc(NC(=O)CN(c2cc(C)ccc2C)S(=O)(=O)c2ccccc2)c(C)c1. The van der Waals surface area contributed by atoms with E-state index in [1.807, 2.05) is 58.0 Å². The second-order valence-corrected chi connectivity index (χ2v) is 9.34. The smallest absolute Gasteiger partial charge is 0.264 e. The van der Waals surface area contributed by atoms with E-state index in [-0.39, 0.29) is 11.4 Å². The summed E-state index contributed by atoms with van der Waals surface area (Å²) in [6.45, 7) is 7.30. The first kappa shape index (κ1) is 21.6. The Morgan fingerprint density at radius 3 is 2.13 bits per heavy atom. The van der Waals surface area contributed by atoms with Crippen molar-refractivity contribution in [3.05, 3.63) is 89.0 Å². The summed E-state index contributed by atoms with van der Waals surface area (Å²) < 4.78 is 28.1. The van der Waals surface area contributed by atoms with Gasteiger partial charge < -0.3 is 5.32 Å². The van der Waals surface area contributed by atoms with Gasteiger partial charge in [0.1, 0.15) is 6.54 Å². The first-order chi connectivity index (χ1) is 14.2. The van der Waals surface area contributed by atoms with Crippen LogP contribution in [0.3, 0.4) is 0 Å². The Kier molecular flexibility index (Phi) is 6.27. The van der Waals surface area contributed by atoms with Crippen molar-refractivity contribution in [3.8, 4) is 0 Å². The molecule has 0 heterocycles. The van der Waals surface area contributed by atoms with Crippen molar-refractivity contribution in [3.63, 3.8) is 0 Å². The number of sulfonamides is 1. The number of benzene rings is 3. The van der Waals surface area contributed by atoms with E-state index in [1.54, 1.807) is 24.3 Å². The Bertz CT molecular complexity index is 1170. The van der Waals surface area contributed by atoms with E-state index in [4.69, 9.17) is 0 Å². The second-order valence-electron chi connectivity index (χ2n) is 7.48. The number of carbonyl (C=O) groups excluding carboxylic acids is 1. The molecule has 0 bridgehead atoms. The molecule has 0 radical (unpaired) electrons. The third kappa shape index (κ3) is 4.71. The maximum absolute atomic E-state index is 13.4. The quantitative estimate of drug-likeness (QED) is 0.623. The molecule has 5 nitrogen and oxygen atoms in total. The lowest BCUT2D eigenvalue weighted by Gasteiger charge is -2.26. The number of carbonyl (C=O) groups is 1. The van der Waals surface area contributed by atoms with E-state index in [0.29, 0.717) is 11.4 Å². The van der Waals surface area contributed by atoms with Gasteiger partial charge in [-0.2, -0.15) is 0 Å². The van der Waals surface area contributed by atoms with Crippen molar-refractivity contribution in [2.45, 2.75) is 32.6 Å². The monoisotopic (exact) mass is 422 g/mol. The van der Waals surface area contributed by atoms with Gasteiger partial charge in [0.05, 0.1) is 10.6 Å². The molecule has 3 aromatic rings. The zero-order chi connectivity index (χ0) is 21.9. The molecular weight excluding hydrogens is 396 g/mol. The van der Waals surface area contributed by atoms with Gasteiger partial charge in [0.25, 0.3) is 10.0 Å². The van der Waals surface area contributed by atoms with Crippen LogP contribution in [-0.4, -0.2) is 20.9 Å². The van der Waals surface area contributed by atoms with Gasteiger partial charge in [0.15, 0.2) is 0 Å². The minimum absolute atomic E-state index is 0.144. The zero-order valence-corrected chi connectivity index (χ0v) is 18.5. The molecule has 0 saturated heterocycles. The molecule has 0 aliphatic rings. The first-order valence-electron chi connectivity index (χ1n) is 9.70. The van der Waals surface area contributed by atoms with Gasteiger partial charge in [-0.3, -0.25) is 9.10 Å². The highest BCUT2D eigenvalue weighted by Crippen LogP contribution is 2.28. The number of aryl methyl sites for hydroxylation is 4. The fraction of sp³-hybridized carbons (Fsp3) is 0.208. The van der Waals surface area contributed by atoms with Crippen molar-refractivity contribution >= 4 is 27.3 Å². The molecule has 0 aliphatic carbocycles. The molecule has 0 unspecified atom stereocenters. The van der Waals surface area contributed by atoms with Crippen LogP contribution >= 0.6 is 0 Å². The molecule has 156 valence electrons. The lowest BCUT2D eigenvalue weighted by Crippen LogP contribution is -2.38. The minimum atomic E-state index is -3.93. The molecule has 0 atom stereocenters. The molecule has 1 N–H and O–H groups in total. The highest BCUT2D eigenvalue weighted by Gasteiger charge is 2.28. The summed E-state index contributed by atoms with van der Waals surface area (Å²) in [5, 5.41) is 2.85. The summed E-state index contributed by atoms with van der Waals surface area (Å²) in [7, 11) is -3.93. The van der Waals surface area contributed by atoms with Gasteiger partial charge in [-0.1, -0.05) is 48.0 Å². The normalized spacial score (nSPS) is 11.2. The highest BCUT2D eigenvalue weighted by molar-refractivity contribution is 7.92. The van der Waals surface area contributed by atoms with Gasteiger partial charge in [-0.15, -0.1) is 0 Å². The maximum Gasteiger partial charge on any atom is 0.264 e. The zero-order valence-electron chi connectivity index (χ0n) is 17.6. The summed E-state index contributed by atoms with van der Waals surface area (Å²) in [6.07, 6.45) is 0. The summed E-state index contributed by atoms with van der Waals surface area (Å²) in [4.78, 5) is 13.0. The molecule has 0 aliphatic heterocycles. The van der Waals surface area contributed by atoms with Crippen LogP contribution < -0.4 is 9.62 Å². The van der Waals surface area contributed by atoms with Crippen LogP contribution in [0.25, 0.3) is 0 Å². The molecule has 0 saturated carbocycles. The average molecular weight is 423 g/mol. The summed E-state index contributed by atoms with van der Waals surface area (Å²) in [5.74, 6) is -0.401. The Morgan fingerprint density at radius 1 is 0.833 bits per heavy atom. The minimum Gasteiger partial charge on any atom is -0.324 e. The lowest BCUT2D eigenvalue weighted by molar-refractivity contribution is -0.114. The van der Waals surface area contributed by atoms with Crippen molar-refractivity contribution in [1.29, 1.82) is 0 Å². The Labute approximate surface area is 178 Å². The van der Waals surface area contributed by atoms with Gasteiger partial charge in [0, 0.05) is 5.69 Å². The molecule has 0 fully saturated rings. The van der Waals surface area contributed by atoms with Crippen molar-refractivity contribution in [1.82, 2.24) is 0 Å². The lowest BCUT2D eigenvalue weighted by atomic mass is 10.1. The molecular formula is C24H26N2O3S. The Hall–Kier alpha value is -3.12. The number of nitrogens with one attached hydrogen (secondary N) is 1. The van der Waals surface area contributed by atoms with E-state index in [2.05, 4.69) is 5.32 Å². The summed E-state index contributed by atoms with van der Waals surface area (Å²) in [6, 6.07) is 19.5. The second kappa shape index (κ2) is 8.71. The molecule has 0 spiro atoms. The number of anilines is 2. The van der Waals surface area contributed by atoms with Gasteiger partial charge in [-0.05, 0) is 68.7 Å². The highest BCUT2D eigenvalue weighted by atomic mass is 32.2. The fourth-order valence-corrected chi connectivity index (χ4v) is 4.78. The molecule has 30 heavy (non-hydrogen) atoms. The predicted molar refractivity (Wildman–Crippen MR) is 121 cm³/mol. The third-order valence-electron chi connectivity index (χ3n) is 4.91. The number of hydrogen-bond acceptors (Lipinski definition) is 3. The van der Waals surface area contributed by atoms with E-state index < -0.39 is 15.9 Å². The molecule has 6 heteroatoms. The molecule has 1 amide bonds. The van der Waals surface area contributed by atoms with Crippen LogP contribution in [0.5, 0.6) is 0 Å². The van der Waals surface area contributed by atoms with Crippen LogP contribution in [0.15, 0.2) is 71.6 Å². The first-order valence-corrected chi connectivity index (χ1v) is 11.1. The topological polar surface area (TPSA) is 66.5 Å². The number of nitrogens with zero attached hydrogens (tertiary/aromatic N) is 1. The largest absolute Gasteiger partial charge is 0.324 e. The van der Waals surface area contributed by atoms with Crippen LogP contribution in [0.1, 0.15) is 22.3 Å².